The van der Waals surface area contributed by atoms with Gasteiger partial charge in [-0.05, 0) is 24.3 Å². The Labute approximate surface area is 119 Å². The molecule has 0 saturated carbocycles. The molecule has 7 nitrogen and oxygen atoms in total. The molecular formula is C14H12N4O3. The first-order chi connectivity index (χ1) is 10.1. The number of nitrogens with two attached hydrogens (primary N) is 1. The molecule has 0 spiro atoms. The molecule has 0 bridgehead atoms. The minimum Gasteiger partial charge on any atom is -0.484 e. The van der Waals surface area contributed by atoms with Crippen LogP contribution >= 0.6 is 0 Å². The summed E-state index contributed by atoms with van der Waals surface area (Å²) < 4.78 is 7.17. The Hall–Kier alpha value is -3.09. The third-order valence-corrected chi connectivity index (χ3v) is 2.94. The zero-order chi connectivity index (χ0) is 14.8. The summed E-state index contributed by atoms with van der Waals surface area (Å²) >= 11 is 0. The molecule has 0 amide bonds. The molecule has 0 aliphatic rings. The van der Waals surface area contributed by atoms with E-state index in [4.69, 9.17) is 10.5 Å². The molecular weight excluding hydrogens is 272 g/mol. The van der Waals surface area contributed by atoms with Gasteiger partial charge in [-0.25, -0.2) is 9.78 Å². The van der Waals surface area contributed by atoms with Crippen LogP contribution in [0.4, 0.5) is 5.69 Å². The molecule has 106 valence electrons. The number of hydrogen-bond donors (Lipinski definition) is 2. The summed E-state index contributed by atoms with van der Waals surface area (Å²) in [4.78, 5) is 19.3. The second kappa shape index (κ2) is 5.12. The van der Waals surface area contributed by atoms with Gasteiger partial charge in [-0.3, -0.25) is 9.38 Å². The summed E-state index contributed by atoms with van der Waals surface area (Å²) in [6, 6.07) is 6.77. The van der Waals surface area contributed by atoms with Gasteiger partial charge in [-0.1, -0.05) is 0 Å². The highest BCUT2D eigenvalue weighted by atomic mass is 16.5. The van der Waals surface area contributed by atoms with Crippen molar-refractivity contribution in [3.05, 3.63) is 54.4 Å². The number of pyridine rings is 2. The van der Waals surface area contributed by atoms with Crippen LogP contribution in [-0.4, -0.2) is 25.4 Å². The van der Waals surface area contributed by atoms with E-state index in [0.717, 1.165) is 0 Å². The van der Waals surface area contributed by atoms with E-state index in [2.05, 4.69) is 9.97 Å². The van der Waals surface area contributed by atoms with Crippen LogP contribution in [0.5, 0.6) is 5.75 Å². The van der Waals surface area contributed by atoms with Gasteiger partial charge in [-0.2, -0.15) is 0 Å². The van der Waals surface area contributed by atoms with Crippen molar-refractivity contribution in [1.82, 2.24) is 14.4 Å². The van der Waals surface area contributed by atoms with Crippen molar-refractivity contribution in [3.8, 4) is 5.75 Å². The summed E-state index contributed by atoms with van der Waals surface area (Å²) in [6.45, 7) is 0.115. The summed E-state index contributed by atoms with van der Waals surface area (Å²) in [6.07, 6.45) is 4.83. The summed E-state index contributed by atoms with van der Waals surface area (Å²) in [5.41, 5.74) is 6.70. The molecule has 0 aromatic carbocycles. The van der Waals surface area contributed by atoms with Gasteiger partial charge in [0.2, 0.25) is 0 Å². The van der Waals surface area contributed by atoms with Gasteiger partial charge in [0.05, 0.1) is 11.7 Å². The van der Waals surface area contributed by atoms with Crippen LogP contribution in [0.15, 0.2) is 42.9 Å². The second-order valence-corrected chi connectivity index (χ2v) is 4.38. The zero-order valence-corrected chi connectivity index (χ0v) is 10.9. The maximum absolute atomic E-state index is 11.2. The van der Waals surface area contributed by atoms with Crippen molar-refractivity contribution in [1.29, 1.82) is 0 Å². The lowest BCUT2D eigenvalue weighted by Gasteiger charge is -2.05. The highest BCUT2D eigenvalue weighted by Crippen LogP contribution is 2.17. The van der Waals surface area contributed by atoms with Gasteiger partial charge in [0.1, 0.15) is 12.4 Å². The normalized spacial score (nSPS) is 10.7. The monoisotopic (exact) mass is 284 g/mol. The van der Waals surface area contributed by atoms with Crippen molar-refractivity contribution >= 4 is 17.2 Å². The first kappa shape index (κ1) is 12.9. The highest BCUT2D eigenvalue weighted by molar-refractivity contribution is 5.93. The van der Waals surface area contributed by atoms with E-state index >= 15 is 0 Å². The van der Waals surface area contributed by atoms with Crippen molar-refractivity contribution in [2.45, 2.75) is 6.61 Å². The molecule has 0 radical (unpaired) electrons. The minimum atomic E-state index is -1.09. The van der Waals surface area contributed by atoms with Gasteiger partial charge in [0, 0.05) is 18.1 Å². The number of fused-ring (bicyclic) bond motifs is 1. The molecule has 3 aromatic heterocycles. The SMILES string of the molecule is Nc1ccc2c(C(=O)O)nc(COc3cccnc3)n2c1. The lowest BCUT2D eigenvalue weighted by atomic mass is 10.3. The standard InChI is InChI=1S/C14H12N4O3/c15-9-3-4-11-13(14(19)20)17-12(18(11)7-9)8-21-10-2-1-5-16-6-10/h1-7H,8,15H2,(H,19,20). The molecule has 7 heteroatoms. The summed E-state index contributed by atoms with van der Waals surface area (Å²) in [5, 5.41) is 9.19. The number of carboxylic acids is 1. The third-order valence-electron chi connectivity index (χ3n) is 2.94. The number of imidazole rings is 1. The first-order valence-corrected chi connectivity index (χ1v) is 6.18. The Balaban J connectivity index is 1.98. The predicted molar refractivity (Wildman–Crippen MR) is 75.1 cm³/mol. The van der Waals surface area contributed by atoms with Crippen LogP contribution in [-0.2, 0) is 6.61 Å². The minimum absolute atomic E-state index is 0.0280. The Kier molecular flexibility index (Phi) is 3.15. The van der Waals surface area contributed by atoms with Crippen LogP contribution in [0.25, 0.3) is 5.52 Å². The molecule has 0 atom stereocenters. The van der Waals surface area contributed by atoms with E-state index in [1.54, 1.807) is 47.3 Å². The van der Waals surface area contributed by atoms with E-state index in [0.29, 0.717) is 22.8 Å². The Morgan fingerprint density at radius 3 is 2.95 bits per heavy atom. The average Bonchev–Trinajstić information content (AvgIpc) is 2.84. The number of hydrogen-bond acceptors (Lipinski definition) is 5. The van der Waals surface area contributed by atoms with Crippen molar-refractivity contribution in [2.24, 2.45) is 0 Å². The van der Waals surface area contributed by atoms with Crippen LogP contribution in [0.1, 0.15) is 16.3 Å². The number of carbonyl (C=O) groups is 1. The predicted octanol–water partition coefficient (Wildman–Crippen LogP) is 1.59. The maximum atomic E-state index is 11.2. The van der Waals surface area contributed by atoms with Gasteiger partial charge >= 0.3 is 5.97 Å². The number of rotatable bonds is 4. The van der Waals surface area contributed by atoms with Gasteiger partial charge in [0.15, 0.2) is 11.5 Å². The molecule has 3 N–H and O–H groups in total. The Morgan fingerprint density at radius 1 is 1.38 bits per heavy atom. The maximum Gasteiger partial charge on any atom is 0.356 e. The smallest absolute Gasteiger partial charge is 0.356 e. The quantitative estimate of drug-likeness (QED) is 0.754. The molecule has 0 saturated heterocycles. The summed E-state index contributed by atoms with van der Waals surface area (Å²) in [5.74, 6) is -0.0570. The molecule has 0 aliphatic heterocycles. The Morgan fingerprint density at radius 2 is 2.24 bits per heavy atom. The number of aromatic nitrogens is 3. The third kappa shape index (κ3) is 2.48. The van der Waals surface area contributed by atoms with Crippen molar-refractivity contribution in [3.63, 3.8) is 0 Å². The molecule has 0 aliphatic carbocycles. The van der Waals surface area contributed by atoms with E-state index in [-0.39, 0.29) is 12.3 Å². The molecule has 3 aromatic rings. The van der Waals surface area contributed by atoms with Crippen molar-refractivity contribution in [2.75, 3.05) is 5.73 Å². The van der Waals surface area contributed by atoms with Crippen LogP contribution in [0.2, 0.25) is 0 Å². The molecule has 0 fully saturated rings. The number of aromatic carboxylic acids is 1. The van der Waals surface area contributed by atoms with E-state index in [9.17, 15) is 9.90 Å². The average molecular weight is 284 g/mol. The van der Waals surface area contributed by atoms with E-state index in [1.165, 1.54) is 0 Å². The van der Waals surface area contributed by atoms with E-state index in [1.807, 2.05) is 0 Å². The molecule has 0 unspecified atom stereocenters. The van der Waals surface area contributed by atoms with Crippen LogP contribution in [0, 0.1) is 0 Å². The second-order valence-electron chi connectivity index (χ2n) is 4.38. The fourth-order valence-corrected chi connectivity index (χ4v) is 2.00. The lowest BCUT2D eigenvalue weighted by molar-refractivity contribution is 0.0693. The largest absolute Gasteiger partial charge is 0.484 e. The zero-order valence-electron chi connectivity index (χ0n) is 10.9. The first-order valence-electron chi connectivity index (χ1n) is 6.18. The van der Waals surface area contributed by atoms with Gasteiger partial charge < -0.3 is 15.6 Å². The molecule has 3 rings (SSSR count). The van der Waals surface area contributed by atoms with Crippen molar-refractivity contribution < 1.29 is 14.6 Å². The topological polar surface area (TPSA) is 103 Å². The highest BCUT2D eigenvalue weighted by Gasteiger charge is 2.17. The van der Waals surface area contributed by atoms with Crippen LogP contribution in [0.3, 0.4) is 0 Å². The van der Waals surface area contributed by atoms with Gasteiger partial charge in [0.25, 0.3) is 0 Å². The number of carboxylic acid groups (broad SMARTS) is 1. The summed E-state index contributed by atoms with van der Waals surface area (Å²) in [7, 11) is 0. The fourth-order valence-electron chi connectivity index (χ4n) is 2.00. The number of ether oxygens (including phenoxy) is 1. The van der Waals surface area contributed by atoms with Gasteiger partial charge in [-0.15, -0.1) is 0 Å². The number of anilines is 1. The van der Waals surface area contributed by atoms with E-state index < -0.39 is 5.97 Å². The number of nitrogens with zero attached hydrogens (tertiary/aromatic N) is 3. The van der Waals surface area contributed by atoms with Crippen LogP contribution < -0.4 is 10.5 Å². The molecule has 21 heavy (non-hydrogen) atoms. The Bertz CT molecular complexity index is 799. The fraction of sp³-hybridized carbons (Fsp3) is 0.0714. The molecule has 3 heterocycles. The lowest BCUT2D eigenvalue weighted by Crippen LogP contribution is -2.02. The number of nitrogen functional groups attached to an aromatic ring is 1.